The molecular formula is C14H17F4N. The van der Waals surface area contributed by atoms with Gasteiger partial charge in [-0.1, -0.05) is 6.07 Å². The molecule has 0 aliphatic carbocycles. The van der Waals surface area contributed by atoms with Gasteiger partial charge in [0.25, 0.3) is 0 Å². The zero-order chi connectivity index (χ0) is 14.0. The maximum absolute atomic E-state index is 13.2. The van der Waals surface area contributed by atoms with Crippen molar-refractivity contribution in [1.29, 1.82) is 0 Å². The number of aryl methyl sites for hydroxylation is 1. The van der Waals surface area contributed by atoms with Gasteiger partial charge in [-0.15, -0.1) is 0 Å². The minimum absolute atomic E-state index is 0.000833. The first-order valence-corrected chi connectivity index (χ1v) is 6.41. The van der Waals surface area contributed by atoms with Crippen LogP contribution in [0.2, 0.25) is 0 Å². The molecule has 1 aliphatic rings. The molecule has 1 saturated heterocycles. The molecule has 2 rings (SSSR count). The number of halogens is 4. The summed E-state index contributed by atoms with van der Waals surface area (Å²) in [7, 11) is 0. The number of nitrogens with one attached hydrogen (secondary N) is 1. The summed E-state index contributed by atoms with van der Waals surface area (Å²) in [5.74, 6) is -1.55. The van der Waals surface area contributed by atoms with Crippen molar-refractivity contribution >= 4 is 0 Å². The van der Waals surface area contributed by atoms with Crippen molar-refractivity contribution in [3.63, 3.8) is 0 Å². The third kappa shape index (κ3) is 3.69. The van der Waals surface area contributed by atoms with Gasteiger partial charge in [0.15, 0.2) is 0 Å². The molecule has 1 aliphatic heterocycles. The quantitative estimate of drug-likeness (QED) is 0.813. The third-order valence-electron chi connectivity index (χ3n) is 3.76. The Hall–Kier alpha value is -1.10. The van der Waals surface area contributed by atoms with Crippen LogP contribution in [0.25, 0.3) is 0 Å². The highest BCUT2D eigenvalue weighted by atomic mass is 19.4. The molecule has 0 spiro atoms. The second-order valence-corrected chi connectivity index (χ2v) is 5.20. The van der Waals surface area contributed by atoms with Gasteiger partial charge in [0.1, 0.15) is 5.82 Å². The average molecular weight is 275 g/mol. The molecule has 2 unspecified atom stereocenters. The zero-order valence-electron chi connectivity index (χ0n) is 10.7. The molecule has 5 heteroatoms. The highest BCUT2D eigenvalue weighted by molar-refractivity contribution is 5.27. The van der Waals surface area contributed by atoms with E-state index < -0.39 is 12.1 Å². The lowest BCUT2D eigenvalue weighted by Gasteiger charge is -2.31. The molecule has 0 amide bonds. The molecule has 1 aromatic carbocycles. The number of rotatable bonds is 2. The zero-order valence-corrected chi connectivity index (χ0v) is 10.7. The predicted octanol–water partition coefficient (Wildman–Crippen LogP) is 3.61. The number of hydrogen-bond donors (Lipinski definition) is 1. The highest BCUT2D eigenvalue weighted by Crippen LogP contribution is 2.32. The van der Waals surface area contributed by atoms with Crippen molar-refractivity contribution in [2.45, 2.75) is 38.4 Å². The summed E-state index contributed by atoms with van der Waals surface area (Å²) in [6.45, 7) is 1.85. The maximum atomic E-state index is 13.2. The van der Waals surface area contributed by atoms with Gasteiger partial charge in [-0.3, -0.25) is 0 Å². The number of piperidine rings is 1. The Morgan fingerprint density at radius 2 is 2.00 bits per heavy atom. The summed E-state index contributed by atoms with van der Waals surface area (Å²) in [4.78, 5) is 0. The maximum Gasteiger partial charge on any atom is 0.393 e. The molecule has 0 radical (unpaired) electrons. The van der Waals surface area contributed by atoms with Crippen LogP contribution in [-0.2, 0) is 6.42 Å². The number of hydrogen-bond acceptors (Lipinski definition) is 1. The van der Waals surface area contributed by atoms with Crippen molar-refractivity contribution in [2.24, 2.45) is 5.92 Å². The molecule has 19 heavy (non-hydrogen) atoms. The fourth-order valence-electron chi connectivity index (χ4n) is 2.49. The topological polar surface area (TPSA) is 12.0 Å². The Balaban J connectivity index is 1.94. The van der Waals surface area contributed by atoms with Crippen molar-refractivity contribution in [3.8, 4) is 0 Å². The van der Waals surface area contributed by atoms with Gasteiger partial charge in [0.2, 0.25) is 0 Å². The molecular weight excluding hydrogens is 258 g/mol. The van der Waals surface area contributed by atoms with Gasteiger partial charge >= 0.3 is 6.18 Å². The highest BCUT2D eigenvalue weighted by Gasteiger charge is 2.41. The molecule has 1 nitrogen and oxygen atoms in total. The van der Waals surface area contributed by atoms with E-state index in [-0.39, 0.29) is 24.8 Å². The third-order valence-corrected chi connectivity index (χ3v) is 3.76. The van der Waals surface area contributed by atoms with E-state index in [1.54, 1.807) is 6.07 Å². The van der Waals surface area contributed by atoms with E-state index in [0.717, 1.165) is 11.1 Å². The molecule has 1 fully saturated rings. The summed E-state index contributed by atoms with van der Waals surface area (Å²) < 4.78 is 50.7. The van der Waals surface area contributed by atoms with Crippen LogP contribution in [0.15, 0.2) is 18.2 Å². The summed E-state index contributed by atoms with van der Waals surface area (Å²) in [6, 6.07) is 4.56. The second-order valence-electron chi connectivity index (χ2n) is 5.20. The first-order chi connectivity index (χ1) is 8.86. The lowest BCUT2D eigenvalue weighted by molar-refractivity contribution is -0.179. The SMILES string of the molecule is Cc1ccc(F)cc1CC1CCC(C(F)(F)F)CN1. The lowest BCUT2D eigenvalue weighted by atomic mass is 9.90. The van der Waals surface area contributed by atoms with Gasteiger partial charge < -0.3 is 5.32 Å². The van der Waals surface area contributed by atoms with Crippen LogP contribution >= 0.6 is 0 Å². The molecule has 106 valence electrons. The average Bonchev–Trinajstić information content (AvgIpc) is 2.33. The van der Waals surface area contributed by atoms with Crippen LogP contribution in [-0.4, -0.2) is 18.8 Å². The van der Waals surface area contributed by atoms with Crippen molar-refractivity contribution < 1.29 is 17.6 Å². The first kappa shape index (κ1) is 14.3. The largest absolute Gasteiger partial charge is 0.393 e. The summed E-state index contributed by atoms with van der Waals surface area (Å²) in [5, 5.41) is 2.93. The first-order valence-electron chi connectivity index (χ1n) is 6.41. The van der Waals surface area contributed by atoms with Crippen LogP contribution < -0.4 is 5.32 Å². The van der Waals surface area contributed by atoms with Crippen LogP contribution in [0.4, 0.5) is 17.6 Å². The molecule has 1 heterocycles. The van der Waals surface area contributed by atoms with Crippen LogP contribution in [0.3, 0.4) is 0 Å². The van der Waals surface area contributed by atoms with Gasteiger partial charge in [-0.05, 0) is 49.4 Å². The molecule has 0 saturated carbocycles. The Kier molecular flexibility index (Phi) is 4.13. The van der Waals surface area contributed by atoms with E-state index in [4.69, 9.17) is 0 Å². The Morgan fingerprint density at radius 3 is 2.58 bits per heavy atom. The van der Waals surface area contributed by atoms with E-state index in [1.807, 2.05) is 6.92 Å². The fourth-order valence-corrected chi connectivity index (χ4v) is 2.49. The van der Waals surface area contributed by atoms with Gasteiger partial charge in [0.05, 0.1) is 5.92 Å². The van der Waals surface area contributed by atoms with Crippen molar-refractivity contribution in [1.82, 2.24) is 5.32 Å². The molecule has 1 N–H and O–H groups in total. The Labute approximate surface area is 110 Å². The van der Waals surface area contributed by atoms with Crippen molar-refractivity contribution in [3.05, 3.63) is 35.1 Å². The Bertz CT molecular complexity index is 434. The van der Waals surface area contributed by atoms with E-state index in [9.17, 15) is 17.6 Å². The lowest BCUT2D eigenvalue weighted by Crippen LogP contribution is -2.45. The minimum Gasteiger partial charge on any atom is -0.313 e. The van der Waals surface area contributed by atoms with E-state index in [1.165, 1.54) is 12.1 Å². The minimum atomic E-state index is -4.12. The van der Waals surface area contributed by atoms with Crippen LogP contribution in [0, 0.1) is 18.7 Å². The van der Waals surface area contributed by atoms with Crippen LogP contribution in [0.1, 0.15) is 24.0 Å². The summed E-state index contributed by atoms with van der Waals surface area (Å²) in [6.07, 6.45) is -2.92. The predicted molar refractivity (Wildman–Crippen MR) is 65.4 cm³/mol. The smallest absolute Gasteiger partial charge is 0.313 e. The molecule has 2 atom stereocenters. The van der Waals surface area contributed by atoms with E-state index in [0.29, 0.717) is 12.8 Å². The van der Waals surface area contributed by atoms with Crippen LogP contribution in [0.5, 0.6) is 0 Å². The fraction of sp³-hybridized carbons (Fsp3) is 0.571. The Morgan fingerprint density at radius 1 is 1.26 bits per heavy atom. The van der Waals surface area contributed by atoms with Crippen molar-refractivity contribution in [2.75, 3.05) is 6.54 Å². The molecule has 0 bridgehead atoms. The van der Waals surface area contributed by atoms with Gasteiger partial charge in [-0.25, -0.2) is 4.39 Å². The monoisotopic (exact) mass is 275 g/mol. The molecule has 1 aromatic rings. The number of benzene rings is 1. The van der Waals surface area contributed by atoms with E-state index in [2.05, 4.69) is 5.32 Å². The summed E-state index contributed by atoms with van der Waals surface area (Å²) in [5.41, 5.74) is 1.84. The standard InChI is InChI=1S/C14H17F4N/c1-9-2-4-12(15)6-10(9)7-13-5-3-11(8-19-13)14(16,17)18/h2,4,6,11,13,19H,3,5,7-8H2,1H3. The van der Waals surface area contributed by atoms with E-state index >= 15 is 0 Å². The molecule has 0 aromatic heterocycles. The number of alkyl halides is 3. The van der Waals surface area contributed by atoms with Gasteiger partial charge in [-0.2, -0.15) is 13.2 Å². The summed E-state index contributed by atoms with van der Waals surface area (Å²) >= 11 is 0. The second kappa shape index (κ2) is 5.49. The van der Waals surface area contributed by atoms with Gasteiger partial charge in [0, 0.05) is 12.6 Å². The normalized spacial score (nSPS) is 24.5.